The van der Waals surface area contributed by atoms with Crippen molar-refractivity contribution in [3.8, 4) is 11.5 Å². The van der Waals surface area contributed by atoms with Crippen LogP contribution in [0, 0.1) is 0 Å². The number of rotatable bonds is 11. The van der Waals surface area contributed by atoms with Gasteiger partial charge in [0.25, 0.3) is 0 Å². The summed E-state index contributed by atoms with van der Waals surface area (Å²) in [5.41, 5.74) is 1.19. The topological polar surface area (TPSA) is 56.8 Å². The van der Waals surface area contributed by atoms with Crippen LogP contribution in [0.5, 0.6) is 11.5 Å². The number of hydrogen-bond donors (Lipinski definition) is 1. The molecule has 0 saturated carbocycles. The highest BCUT2D eigenvalue weighted by molar-refractivity contribution is 5.68. The lowest BCUT2D eigenvalue weighted by Crippen LogP contribution is -2.40. The third-order valence-electron chi connectivity index (χ3n) is 4.77. The Morgan fingerprint density at radius 1 is 1.00 bits per heavy atom. The van der Waals surface area contributed by atoms with E-state index in [1.54, 1.807) is 14.2 Å². The molecule has 1 rings (SSSR count). The molecule has 1 unspecified atom stereocenters. The van der Waals surface area contributed by atoms with E-state index in [-0.39, 0.29) is 12.5 Å². The molecule has 5 nitrogen and oxygen atoms in total. The average Bonchev–Trinajstić information content (AvgIpc) is 2.65. The Balaban J connectivity index is 2.83. The van der Waals surface area contributed by atoms with Crippen LogP contribution in [0.2, 0.25) is 0 Å². The molecule has 0 bridgehead atoms. The number of nitrogens with one attached hydrogen (secondary N) is 1. The van der Waals surface area contributed by atoms with Crippen molar-refractivity contribution in [2.24, 2.45) is 0 Å². The molecule has 1 amide bonds. The molecule has 31 heavy (non-hydrogen) atoms. The van der Waals surface area contributed by atoms with Gasteiger partial charge in [-0.3, -0.25) is 0 Å². The molecular weight excluding hydrogens is 411 g/mol. The zero-order chi connectivity index (χ0) is 23.7. The normalized spacial score (nSPS) is 12.9. The number of unbranched alkanes of at least 4 members (excludes halogenated alkanes) is 2. The summed E-state index contributed by atoms with van der Waals surface area (Å²) in [5, 5.41) is 2.89. The molecule has 0 heterocycles. The van der Waals surface area contributed by atoms with Crippen LogP contribution < -0.4 is 14.8 Å². The van der Waals surface area contributed by atoms with Crippen LogP contribution in [0.25, 0.3) is 0 Å². The molecule has 0 saturated heterocycles. The van der Waals surface area contributed by atoms with Gasteiger partial charge in [0.05, 0.1) is 14.2 Å². The number of carbonyl (C=O) groups excluding carboxylic acids is 1. The lowest BCUT2D eigenvalue weighted by Gasteiger charge is -2.24. The van der Waals surface area contributed by atoms with Crippen molar-refractivity contribution in [3.05, 3.63) is 23.3 Å². The molecule has 1 N–H and O–H groups in total. The summed E-state index contributed by atoms with van der Waals surface area (Å²) >= 11 is 0. The number of alkyl halides is 3. The van der Waals surface area contributed by atoms with Gasteiger partial charge in [0, 0.05) is 12.5 Å². The van der Waals surface area contributed by atoms with Gasteiger partial charge in [-0.1, -0.05) is 13.3 Å². The van der Waals surface area contributed by atoms with Gasteiger partial charge in [-0.15, -0.1) is 0 Å². The summed E-state index contributed by atoms with van der Waals surface area (Å²) in [4.78, 5) is 12.1. The van der Waals surface area contributed by atoms with Gasteiger partial charge < -0.3 is 19.5 Å². The van der Waals surface area contributed by atoms with Crippen molar-refractivity contribution >= 4 is 6.09 Å². The molecule has 0 radical (unpaired) electrons. The lowest BCUT2D eigenvalue weighted by atomic mass is 9.98. The van der Waals surface area contributed by atoms with Crippen LogP contribution in [0.1, 0.15) is 70.9 Å². The smallest absolute Gasteiger partial charge is 0.407 e. The molecule has 0 aromatic heterocycles. The van der Waals surface area contributed by atoms with Crippen LogP contribution in [0.4, 0.5) is 18.0 Å². The van der Waals surface area contributed by atoms with Gasteiger partial charge in [0.2, 0.25) is 0 Å². The van der Waals surface area contributed by atoms with Crippen LogP contribution in [0.3, 0.4) is 0 Å². The molecule has 178 valence electrons. The molecule has 8 heteroatoms. The first-order chi connectivity index (χ1) is 14.4. The SMILES string of the molecule is CCC(Cc1cc(OC)c(CCCCCC(F)(F)F)cc1OC)NC(=O)OC(C)(C)C. The number of ether oxygens (including phenoxy) is 3. The summed E-state index contributed by atoms with van der Waals surface area (Å²) in [6, 6.07) is 3.60. The molecule has 1 aromatic carbocycles. The van der Waals surface area contributed by atoms with Crippen molar-refractivity contribution in [1.29, 1.82) is 0 Å². The highest BCUT2D eigenvalue weighted by atomic mass is 19.4. The summed E-state index contributed by atoms with van der Waals surface area (Å²) in [6.45, 7) is 7.40. The van der Waals surface area contributed by atoms with Crippen LogP contribution in [-0.4, -0.2) is 38.1 Å². The van der Waals surface area contributed by atoms with Gasteiger partial charge >= 0.3 is 12.3 Å². The van der Waals surface area contributed by atoms with E-state index in [4.69, 9.17) is 14.2 Å². The third-order valence-corrected chi connectivity index (χ3v) is 4.77. The second kappa shape index (κ2) is 12.1. The minimum Gasteiger partial charge on any atom is -0.496 e. The largest absolute Gasteiger partial charge is 0.496 e. The zero-order valence-electron chi connectivity index (χ0n) is 19.4. The summed E-state index contributed by atoms with van der Waals surface area (Å²) in [7, 11) is 3.13. The second-order valence-corrected chi connectivity index (χ2v) is 8.61. The number of alkyl carbamates (subject to hydrolysis) is 1. The Morgan fingerprint density at radius 2 is 1.58 bits per heavy atom. The fraction of sp³-hybridized carbons (Fsp3) is 0.696. The van der Waals surface area contributed by atoms with Gasteiger partial charge in [-0.25, -0.2) is 4.79 Å². The van der Waals surface area contributed by atoms with Crippen molar-refractivity contribution in [2.45, 2.75) is 90.5 Å². The van der Waals surface area contributed by atoms with E-state index in [2.05, 4.69) is 5.32 Å². The number of hydrogen-bond acceptors (Lipinski definition) is 4. The van der Waals surface area contributed by atoms with Crippen molar-refractivity contribution in [1.82, 2.24) is 5.32 Å². The fourth-order valence-electron chi connectivity index (χ4n) is 3.23. The van der Waals surface area contributed by atoms with Crippen molar-refractivity contribution < 1.29 is 32.2 Å². The second-order valence-electron chi connectivity index (χ2n) is 8.61. The molecule has 0 aliphatic carbocycles. The molecule has 0 spiro atoms. The predicted octanol–water partition coefficient (Wildman–Crippen LogP) is 6.21. The van der Waals surface area contributed by atoms with Crippen LogP contribution >= 0.6 is 0 Å². The maximum atomic E-state index is 12.3. The van der Waals surface area contributed by atoms with Gasteiger partial charge in [0.1, 0.15) is 17.1 Å². The number of benzene rings is 1. The van der Waals surface area contributed by atoms with Gasteiger partial charge in [0.15, 0.2) is 0 Å². The van der Waals surface area contributed by atoms with Crippen LogP contribution in [0.15, 0.2) is 12.1 Å². The minimum absolute atomic E-state index is 0.121. The van der Waals surface area contributed by atoms with Gasteiger partial charge in [-0.05, 0) is 76.1 Å². The molecule has 0 aliphatic rings. The highest BCUT2D eigenvalue weighted by Crippen LogP contribution is 2.32. The molecule has 1 aromatic rings. The van der Waals surface area contributed by atoms with Gasteiger partial charge in [-0.2, -0.15) is 13.2 Å². The van der Waals surface area contributed by atoms with E-state index in [0.29, 0.717) is 43.6 Å². The Bertz CT molecular complexity index is 699. The Labute approximate surface area is 183 Å². The number of methoxy groups -OCH3 is 2. The minimum atomic E-state index is -4.11. The maximum Gasteiger partial charge on any atom is 0.407 e. The summed E-state index contributed by atoms with van der Waals surface area (Å²) in [6.07, 6.45) is -2.26. The summed E-state index contributed by atoms with van der Waals surface area (Å²) in [5.74, 6) is 1.33. The molecule has 0 aliphatic heterocycles. The molecule has 0 fully saturated rings. The van der Waals surface area contributed by atoms with Crippen LogP contribution in [-0.2, 0) is 17.6 Å². The van der Waals surface area contributed by atoms with Crippen molar-refractivity contribution in [3.63, 3.8) is 0 Å². The number of carbonyl (C=O) groups is 1. The van der Waals surface area contributed by atoms with E-state index >= 15 is 0 Å². The quantitative estimate of drug-likeness (QED) is 0.410. The van der Waals surface area contributed by atoms with E-state index in [1.165, 1.54) is 0 Å². The fourth-order valence-corrected chi connectivity index (χ4v) is 3.23. The zero-order valence-corrected chi connectivity index (χ0v) is 19.4. The molecular formula is C23H36F3NO4. The first-order valence-electron chi connectivity index (χ1n) is 10.7. The maximum absolute atomic E-state index is 12.3. The molecule has 1 atom stereocenters. The Hall–Kier alpha value is -2.12. The first-order valence-corrected chi connectivity index (χ1v) is 10.7. The van der Waals surface area contributed by atoms with Crippen molar-refractivity contribution in [2.75, 3.05) is 14.2 Å². The number of amides is 1. The number of halogens is 3. The van der Waals surface area contributed by atoms with E-state index in [9.17, 15) is 18.0 Å². The Kier molecular flexibility index (Phi) is 10.5. The van der Waals surface area contributed by atoms with E-state index < -0.39 is 24.3 Å². The lowest BCUT2D eigenvalue weighted by molar-refractivity contribution is -0.135. The average molecular weight is 448 g/mol. The number of aryl methyl sites for hydroxylation is 1. The Morgan fingerprint density at radius 3 is 2.10 bits per heavy atom. The predicted molar refractivity (Wildman–Crippen MR) is 115 cm³/mol. The summed E-state index contributed by atoms with van der Waals surface area (Å²) < 4.78 is 53.3. The van der Waals surface area contributed by atoms with E-state index in [1.807, 2.05) is 39.8 Å². The first kappa shape index (κ1) is 26.9. The third kappa shape index (κ3) is 10.6. The van der Waals surface area contributed by atoms with E-state index in [0.717, 1.165) is 11.1 Å². The monoisotopic (exact) mass is 447 g/mol. The highest BCUT2D eigenvalue weighted by Gasteiger charge is 2.26. The standard InChI is InChI=1S/C23H36F3NO4/c1-7-18(27-21(28)31-22(2,3)4)13-17-15-19(29-5)16(14-20(17)30-6)11-9-8-10-12-23(24,25)26/h14-15,18H,7-13H2,1-6H3,(H,27,28).